The van der Waals surface area contributed by atoms with E-state index in [1.165, 1.54) is 43.5 Å². The monoisotopic (exact) mass is 450 g/mol. The second kappa shape index (κ2) is 8.27. The van der Waals surface area contributed by atoms with E-state index in [9.17, 15) is 22.8 Å². The van der Waals surface area contributed by atoms with Crippen molar-refractivity contribution in [3.05, 3.63) is 83.9 Å². The van der Waals surface area contributed by atoms with E-state index in [-0.39, 0.29) is 26.6 Å². The molecule has 0 bridgehead atoms. The van der Waals surface area contributed by atoms with E-state index in [0.717, 1.165) is 4.90 Å². The van der Waals surface area contributed by atoms with Gasteiger partial charge >= 0.3 is 5.97 Å². The number of carbonyl (C=O) groups excluding carboxylic acids is 3. The lowest BCUT2D eigenvalue weighted by atomic mass is 10.1. The molecule has 0 spiro atoms. The average Bonchev–Trinajstić information content (AvgIpc) is 2.87. The summed E-state index contributed by atoms with van der Waals surface area (Å²) in [5.74, 6) is -1.91. The SMILES string of the molecule is COC(=O)c1ccc2c(c1)N(CC(=O)Nc1ccccc1)C(=O)c1ccccc1S2(=O)=O. The third-order valence-electron chi connectivity index (χ3n) is 4.97. The van der Waals surface area contributed by atoms with Gasteiger partial charge in [-0.25, -0.2) is 13.2 Å². The molecule has 0 unspecified atom stereocenters. The molecule has 1 N–H and O–H groups in total. The topological polar surface area (TPSA) is 110 Å². The first-order valence-electron chi connectivity index (χ1n) is 9.56. The van der Waals surface area contributed by atoms with Crippen molar-refractivity contribution < 1.29 is 27.5 Å². The molecule has 0 atom stereocenters. The maximum Gasteiger partial charge on any atom is 0.337 e. The average molecular weight is 450 g/mol. The van der Waals surface area contributed by atoms with Crippen LogP contribution in [0.15, 0.2) is 82.6 Å². The van der Waals surface area contributed by atoms with E-state index < -0.39 is 34.2 Å². The third kappa shape index (κ3) is 3.74. The smallest absolute Gasteiger partial charge is 0.337 e. The highest BCUT2D eigenvalue weighted by Crippen LogP contribution is 2.37. The first-order valence-corrected chi connectivity index (χ1v) is 11.0. The van der Waals surface area contributed by atoms with E-state index in [2.05, 4.69) is 5.32 Å². The summed E-state index contributed by atoms with van der Waals surface area (Å²) in [4.78, 5) is 38.9. The maximum atomic E-state index is 13.4. The molecule has 32 heavy (non-hydrogen) atoms. The summed E-state index contributed by atoms with van der Waals surface area (Å²) in [5.41, 5.74) is 0.443. The maximum absolute atomic E-state index is 13.4. The number of sulfone groups is 1. The van der Waals surface area contributed by atoms with Gasteiger partial charge in [-0.1, -0.05) is 30.3 Å². The standard InChI is InChI=1S/C23H18N2O6S/c1-31-23(28)15-11-12-20-18(13-15)25(14-21(26)24-16-7-3-2-4-8-16)22(27)17-9-5-6-10-19(17)32(20,29)30/h2-13H,14H2,1H3,(H,24,26). The van der Waals surface area contributed by atoms with Crippen LogP contribution in [0.1, 0.15) is 20.7 Å². The van der Waals surface area contributed by atoms with Crippen molar-refractivity contribution in [3.8, 4) is 0 Å². The predicted molar refractivity (Wildman–Crippen MR) is 116 cm³/mol. The summed E-state index contributed by atoms with van der Waals surface area (Å²) in [6.45, 7) is -0.463. The zero-order chi connectivity index (χ0) is 22.9. The highest BCUT2D eigenvalue weighted by Gasteiger charge is 2.36. The van der Waals surface area contributed by atoms with Crippen molar-refractivity contribution in [2.24, 2.45) is 0 Å². The van der Waals surface area contributed by atoms with Gasteiger partial charge in [0.25, 0.3) is 5.91 Å². The Morgan fingerprint density at radius 2 is 1.62 bits per heavy atom. The van der Waals surface area contributed by atoms with Gasteiger partial charge in [0, 0.05) is 5.69 Å². The summed E-state index contributed by atoms with van der Waals surface area (Å²) in [5, 5.41) is 2.68. The fourth-order valence-corrected chi connectivity index (χ4v) is 5.11. The molecule has 2 amide bonds. The molecule has 0 aromatic heterocycles. The Bertz CT molecular complexity index is 1340. The zero-order valence-electron chi connectivity index (χ0n) is 16.9. The molecule has 0 saturated carbocycles. The van der Waals surface area contributed by atoms with Crippen LogP contribution in [-0.4, -0.2) is 39.9 Å². The molecule has 4 rings (SSSR count). The van der Waals surface area contributed by atoms with Crippen molar-refractivity contribution in [2.75, 3.05) is 23.9 Å². The van der Waals surface area contributed by atoms with Crippen LogP contribution in [0.4, 0.5) is 11.4 Å². The van der Waals surface area contributed by atoms with Crippen LogP contribution in [0, 0.1) is 0 Å². The van der Waals surface area contributed by atoms with E-state index in [1.807, 2.05) is 0 Å². The Labute approximate surface area is 184 Å². The molecule has 0 saturated heterocycles. The summed E-state index contributed by atoms with van der Waals surface area (Å²) in [6, 6.07) is 18.3. The Balaban J connectivity index is 1.85. The molecule has 0 radical (unpaired) electrons. The largest absolute Gasteiger partial charge is 0.465 e. The van der Waals surface area contributed by atoms with E-state index in [1.54, 1.807) is 36.4 Å². The Kier molecular flexibility index (Phi) is 5.50. The summed E-state index contributed by atoms with van der Waals surface area (Å²) in [6.07, 6.45) is 0. The molecule has 0 fully saturated rings. The van der Waals surface area contributed by atoms with Gasteiger partial charge in [0.05, 0.1) is 33.7 Å². The van der Waals surface area contributed by atoms with E-state index in [0.29, 0.717) is 5.69 Å². The van der Waals surface area contributed by atoms with Gasteiger partial charge in [-0.3, -0.25) is 14.5 Å². The number of benzene rings is 3. The second-order valence-corrected chi connectivity index (χ2v) is 8.87. The van der Waals surface area contributed by atoms with Gasteiger partial charge in [-0.2, -0.15) is 0 Å². The van der Waals surface area contributed by atoms with Gasteiger partial charge in [0.2, 0.25) is 15.7 Å². The number of hydrogen-bond donors (Lipinski definition) is 1. The Morgan fingerprint density at radius 3 is 2.34 bits per heavy atom. The number of amides is 2. The lowest BCUT2D eigenvalue weighted by Gasteiger charge is -2.22. The molecule has 3 aromatic rings. The highest BCUT2D eigenvalue weighted by atomic mass is 32.2. The van der Waals surface area contributed by atoms with E-state index in [4.69, 9.17) is 4.74 Å². The number of nitrogens with zero attached hydrogens (tertiary/aromatic N) is 1. The summed E-state index contributed by atoms with van der Waals surface area (Å²) in [7, 11) is -2.90. The molecule has 0 aliphatic carbocycles. The predicted octanol–water partition coefficient (Wildman–Crippen LogP) is 2.90. The number of fused-ring (bicyclic) bond motifs is 2. The minimum atomic E-state index is -4.09. The molecular formula is C23H18N2O6S. The van der Waals surface area contributed by atoms with Crippen LogP contribution < -0.4 is 10.2 Å². The fourth-order valence-electron chi connectivity index (χ4n) is 3.47. The number of nitrogens with one attached hydrogen (secondary N) is 1. The van der Waals surface area contributed by atoms with Crippen LogP contribution in [0.2, 0.25) is 0 Å². The van der Waals surface area contributed by atoms with Crippen LogP contribution in [0.3, 0.4) is 0 Å². The molecule has 1 aliphatic heterocycles. The van der Waals surface area contributed by atoms with Crippen molar-refractivity contribution in [1.82, 2.24) is 0 Å². The minimum absolute atomic E-state index is 0.0497. The number of para-hydroxylation sites is 1. The van der Waals surface area contributed by atoms with Crippen molar-refractivity contribution in [1.29, 1.82) is 0 Å². The lowest BCUT2D eigenvalue weighted by molar-refractivity contribution is -0.114. The van der Waals surface area contributed by atoms with Gasteiger partial charge in [0.15, 0.2) is 0 Å². The normalized spacial score (nSPS) is 14.0. The summed E-state index contributed by atoms with van der Waals surface area (Å²) < 4.78 is 31.4. The number of hydrogen-bond acceptors (Lipinski definition) is 6. The van der Waals surface area contributed by atoms with E-state index >= 15 is 0 Å². The van der Waals surface area contributed by atoms with Crippen LogP contribution in [0.25, 0.3) is 0 Å². The van der Waals surface area contributed by atoms with Gasteiger partial charge in [-0.05, 0) is 42.5 Å². The molecule has 3 aromatic carbocycles. The van der Waals surface area contributed by atoms with Crippen molar-refractivity contribution >= 4 is 39.0 Å². The first-order chi connectivity index (χ1) is 15.3. The van der Waals surface area contributed by atoms with Gasteiger partial charge in [-0.15, -0.1) is 0 Å². The molecule has 9 heteroatoms. The van der Waals surface area contributed by atoms with Crippen LogP contribution >= 0.6 is 0 Å². The quantitative estimate of drug-likeness (QED) is 0.612. The number of rotatable bonds is 4. The number of esters is 1. The molecular weight excluding hydrogens is 432 g/mol. The van der Waals surface area contributed by atoms with Crippen LogP contribution in [0.5, 0.6) is 0 Å². The third-order valence-corrected chi connectivity index (χ3v) is 6.83. The number of ether oxygens (including phenoxy) is 1. The van der Waals surface area contributed by atoms with Gasteiger partial charge in [0.1, 0.15) is 6.54 Å². The van der Waals surface area contributed by atoms with Crippen molar-refractivity contribution in [3.63, 3.8) is 0 Å². The number of methoxy groups -OCH3 is 1. The second-order valence-electron chi connectivity index (χ2n) is 6.98. The lowest BCUT2D eigenvalue weighted by Crippen LogP contribution is -2.38. The molecule has 162 valence electrons. The highest BCUT2D eigenvalue weighted by molar-refractivity contribution is 7.91. The minimum Gasteiger partial charge on any atom is -0.465 e. The Morgan fingerprint density at radius 1 is 0.938 bits per heavy atom. The van der Waals surface area contributed by atoms with Crippen LogP contribution in [-0.2, 0) is 19.4 Å². The zero-order valence-corrected chi connectivity index (χ0v) is 17.8. The molecule has 1 heterocycles. The van der Waals surface area contributed by atoms with Crippen molar-refractivity contribution in [2.45, 2.75) is 9.79 Å². The Hall–Kier alpha value is -3.98. The van der Waals surface area contributed by atoms with Gasteiger partial charge < -0.3 is 10.1 Å². The molecule has 1 aliphatic rings. The summed E-state index contributed by atoms with van der Waals surface area (Å²) >= 11 is 0. The fraction of sp³-hybridized carbons (Fsp3) is 0.0870. The molecule has 8 nitrogen and oxygen atoms in total. The number of anilines is 2. The first kappa shape index (κ1) is 21.3. The number of carbonyl (C=O) groups is 3.